The molecular formula is C15H16N2O. The fourth-order valence-electron chi connectivity index (χ4n) is 1.64. The molecule has 0 radical (unpaired) electrons. The first-order valence-corrected chi connectivity index (χ1v) is 5.80. The van der Waals surface area contributed by atoms with E-state index in [2.05, 4.69) is 0 Å². The van der Waals surface area contributed by atoms with E-state index >= 15 is 0 Å². The monoisotopic (exact) mass is 240 g/mol. The SMILES string of the molecule is Cc1ccc(Oc2ccc(CC(=N)N)cc2)cc1. The van der Waals surface area contributed by atoms with Crippen LogP contribution in [0.5, 0.6) is 11.5 Å². The van der Waals surface area contributed by atoms with Crippen LogP contribution in [-0.2, 0) is 6.42 Å². The third kappa shape index (κ3) is 3.35. The van der Waals surface area contributed by atoms with Crippen molar-refractivity contribution in [3.8, 4) is 11.5 Å². The van der Waals surface area contributed by atoms with Gasteiger partial charge < -0.3 is 10.5 Å². The lowest BCUT2D eigenvalue weighted by molar-refractivity contribution is 0.482. The number of hydrogen-bond donors (Lipinski definition) is 2. The van der Waals surface area contributed by atoms with Gasteiger partial charge in [-0.15, -0.1) is 0 Å². The second kappa shape index (κ2) is 5.36. The van der Waals surface area contributed by atoms with Crippen molar-refractivity contribution in [1.29, 1.82) is 5.41 Å². The quantitative estimate of drug-likeness (QED) is 0.636. The molecule has 2 rings (SSSR count). The summed E-state index contributed by atoms with van der Waals surface area (Å²) in [6, 6.07) is 15.5. The summed E-state index contributed by atoms with van der Waals surface area (Å²) in [6.45, 7) is 2.04. The minimum atomic E-state index is 0.169. The Balaban J connectivity index is 2.06. The molecule has 18 heavy (non-hydrogen) atoms. The maximum absolute atomic E-state index is 7.23. The Morgan fingerprint density at radius 2 is 1.50 bits per heavy atom. The van der Waals surface area contributed by atoms with Gasteiger partial charge in [-0.3, -0.25) is 5.41 Å². The molecule has 3 N–H and O–H groups in total. The van der Waals surface area contributed by atoms with E-state index in [9.17, 15) is 0 Å². The number of nitrogens with two attached hydrogens (primary N) is 1. The molecule has 0 saturated heterocycles. The molecule has 0 aliphatic rings. The zero-order valence-corrected chi connectivity index (χ0v) is 10.3. The van der Waals surface area contributed by atoms with Crippen LogP contribution in [0.1, 0.15) is 11.1 Å². The smallest absolute Gasteiger partial charge is 0.127 e. The highest BCUT2D eigenvalue weighted by molar-refractivity contribution is 5.79. The van der Waals surface area contributed by atoms with Crippen LogP contribution in [-0.4, -0.2) is 5.84 Å². The van der Waals surface area contributed by atoms with Crippen molar-refractivity contribution in [2.24, 2.45) is 5.73 Å². The van der Waals surface area contributed by atoms with E-state index in [0.717, 1.165) is 17.1 Å². The summed E-state index contributed by atoms with van der Waals surface area (Å²) in [7, 11) is 0. The van der Waals surface area contributed by atoms with E-state index in [0.29, 0.717) is 6.42 Å². The van der Waals surface area contributed by atoms with Gasteiger partial charge in [0.2, 0.25) is 0 Å². The largest absolute Gasteiger partial charge is 0.457 e. The Morgan fingerprint density at radius 1 is 1.00 bits per heavy atom. The van der Waals surface area contributed by atoms with Crippen molar-refractivity contribution < 1.29 is 4.74 Å². The molecule has 0 saturated carbocycles. The molecule has 3 heteroatoms. The summed E-state index contributed by atoms with van der Waals surface area (Å²) in [5.41, 5.74) is 7.57. The van der Waals surface area contributed by atoms with Crippen molar-refractivity contribution in [3.05, 3.63) is 59.7 Å². The van der Waals surface area contributed by atoms with Crippen LogP contribution in [0, 0.1) is 12.3 Å². The summed E-state index contributed by atoms with van der Waals surface area (Å²) >= 11 is 0. The maximum atomic E-state index is 7.23. The summed E-state index contributed by atoms with van der Waals surface area (Å²) in [4.78, 5) is 0. The molecule has 2 aromatic rings. The molecule has 3 nitrogen and oxygen atoms in total. The Morgan fingerprint density at radius 3 is 2.00 bits per heavy atom. The molecule has 0 heterocycles. The minimum absolute atomic E-state index is 0.169. The van der Waals surface area contributed by atoms with Crippen LogP contribution in [0.3, 0.4) is 0 Å². The van der Waals surface area contributed by atoms with Gasteiger partial charge in [0.15, 0.2) is 0 Å². The molecule has 0 spiro atoms. The fraction of sp³-hybridized carbons (Fsp3) is 0.133. The van der Waals surface area contributed by atoms with E-state index in [1.165, 1.54) is 5.56 Å². The molecule has 0 aromatic heterocycles. The van der Waals surface area contributed by atoms with Gasteiger partial charge in [0.25, 0.3) is 0 Å². The Hall–Kier alpha value is -2.29. The van der Waals surface area contributed by atoms with Crippen LogP contribution < -0.4 is 10.5 Å². The van der Waals surface area contributed by atoms with Gasteiger partial charge in [0, 0.05) is 6.42 Å². The Labute approximate surface area is 107 Å². The first-order chi connectivity index (χ1) is 8.63. The number of aryl methyl sites for hydroxylation is 1. The average Bonchev–Trinajstić information content (AvgIpc) is 2.34. The number of nitrogens with one attached hydrogen (secondary N) is 1. The number of rotatable bonds is 4. The van der Waals surface area contributed by atoms with Gasteiger partial charge in [-0.1, -0.05) is 29.8 Å². The van der Waals surface area contributed by atoms with Crippen LogP contribution in [0.2, 0.25) is 0 Å². The molecular weight excluding hydrogens is 224 g/mol. The van der Waals surface area contributed by atoms with Crippen LogP contribution in [0.4, 0.5) is 0 Å². The lowest BCUT2D eigenvalue weighted by atomic mass is 10.1. The van der Waals surface area contributed by atoms with E-state index in [1.54, 1.807) is 0 Å². The number of ether oxygens (including phenoxy) is 1. The van der Waals surface area contributed by atoms with Gasteiger partial charge in [-0.05, 0) is 36.8 Å². The standard InChI is InChI=1S/C15H16N2O/c1-11-2-6-13(7-3-11)18-14-8-4-12(5-9-14)10-15(16)17/h2-9H,10H2,1H3,(H3,16,17). The number of benzene rings is 2. The van der Waals surface area contributed by atoms with Gasteiger partial charge in [-0.25, -0.2) is 0 Å². The molecule has 0 unspecified atom stereocenters. The van der Waals surface area contributed by atoms with E-state index in [1.807, 2.05) is 55.5 Å². The first kappa shape index (κ1) is 12.2. The molecule has 0 aliphatic carbocycles. The highest BCUT2D eigenvalue weighted by Crippen LogP contribution is 2.21. The molecule has 0 amide bonds. The number of hydrogen-bond acceptors (Lipinski definition) is 2. The molecule has 0 atom stereocenters. The summed E-state index contributed by atoms with van der Waals surface area (Å²) < 4.78 is 5.71. The van der Waals surface area contributed by atoms with Crippen LogP contribution in [0.25, 0.3) is 0 Å². The van der Waals surface area contributed by atoms with Gasteiger partial charge in [0.05, 0.1) is 5.84 Å². The predicted octanol–water partition coefficient (Wildman–Crippen LogP) is 3.27. The molecule has 0 aliphatic heterocycles. The Bertz CT molecular complexity index is 529. The van der Waals surface area contributed by atoms with Crippen molar-refractivity contribution >= 4 is 5.84 Å². The van der Waals surface area contributed by atoms with E-state index in [-0.39, 0.29) is 5.84 Å². The molecule has 92 valence electrons. The summed E-state index contributed by atoms with van der Waals surface area (Å²) in [5.74, 6) is 1.77. The number of amidine groups is 1. The maximum Gasteiger partial charge on any atom is 0.127 e. The second-order valence-electron chi connectivity index (χ2n) is 4.26. The highest BCUT2D eigenvalue weighted by atomic mass is 16.5. The molecule has 2 aromatic carbocycles. The van der Waals surface area contributed by atoms with E-state index in [4.69, 9.17) is 15.9 Å². The lowest BCUT2D eigenvalue weighted by Crippen LogP contribution is -2.12. The van der Waals surface area contributed by atoms with Crippen molar-refractivity contribution in [1.82, 2.24) is 0 Å². The van der Waals surface area contributed by atoms with Crippen molar-refractivity contribution in [2.45, 2.75) is 13.3 Å². The van der Waals surface area contributed by atoms with E-state index < -0.39 is 0 Å². The zero-order chi connectivity index (χ0) is 13.0. The van der Waals surface area contributed by atoms with Gasteiger partial charge in [-0.2, -0.15) is 0 Å². The van der Waals surface area contributed by atoms with Gasteiger partial charge in [0.1, 0.15) is 11.5 Å². The van der Waals surface area contributed by atoms with Crippen LogP contribution >= 0.6 is 0 Å². The highest BCUT2D eigenvalue weighted by Gasteiger charge is 1.99. The lowest BCUT2D eigenvalue weighted by Gasteiger charge is -2.07. The van der Waals surface area contributed by atoms with Crippen molar-refractivity contribution in [2.75, 3.05) is 0 Å². The first-order valence-electron chi connectivity index (χ1n) is 5.80. The topological polar surface area (TPSA) is 59.1 Å². The van der Waals surface area contributed by atoms with Crippen molar-refractivity contribution in [3.63, 3.8) is 0 Å². The third-order valence-electron chi connectivity index (χ3n) is 2.57. The average molecular weight is 240 g/mol. The fourth-order valence-corrected chi connectivity index (χ4v) is 1.64. The molecule has 0 fully saturated rings. The summed E-state index contributed by atoms with van der Waals surface area (Å²) in [5, 5.41) is 7.23. The third-order valence-corrected chi connectivity index (χ3v) is 2.57. The molecule has 0 bridgehead atoms. The van der Waals surface area contributed by atoms with Gasteiger partial charge >= 0.3 is 0 Å². The minimum Gasteiger partial charge on any atom is -0.457 e. The van der Waals surface area contributed by atoms with Crippen LogP contribution in [0.15, 0.2) is 48.5 Å². The predicted molar refractivity (Wildman–Crippen MR) is 73.3 cm³/mol. The Kier molecular flexibility index (Phi) is 3.63. The second-order valence-corrected chi connectivity index (χ2v) is 4.26. The zero-order valence-electron chi connectivity index (χ0n) is 10.3. The normalized spacial score (nSPS) is 10.1. The summed E-state index contributed by atoms with van der Waals surface area (Å²) in [6.07, 6.45) is 0.477.